The summed E-state index contributed by atoms with van der Waals surface area (Å²) in [6.07, 6.45) is -1.01. The van der Waals surface area contributed by atoms with Crippen molar-refractivity contribution in [3.8, 4) is 11.5 Å². The van der Waals surface area contributed by atoms with Crippen molar-refractivity contribution in [1.82, 2.24) is 0 Å². The molecule has 0 saturated heterocycles. The highest BCUT2D eigenvalue weighted by molar-refractivity contribution is 5.88. The molecule has 30 heavy (non-hydrogen) atoms. The van der Waals surface area contributed by atoms with Gasteiger partial charge >= 0.3 is 11.3 Å². The minimum Gasteiger partial charge on any atom is -0.507 e. The summed E-state index contributed by atoms with van der Waals surface area (Å²) in [6, 6.07) is 10.5. The molecule has 2 aromatic carbocycles. The Hall–Kier alpha value is -3.58. The third-order valence-electron chi connectivity index (χ3n) is 5.48. The van der Waals surface area contributed by atoms with Crippen LogP contribution in [0.5, 0.6) is 11.5 Å². The van der Waals surface area contributed by atoms with Crippen molar-refractivity contribution < 1.29 is 23.4 Å². The lowest BCUT2D eigenvalue weighted by Gasteiger charge is -2.17. The van der Waals surface area contributed by atoms with Crippen molar-refractivity contribution in [2.24, 2.45) is 0 Å². The van der Waals surface area contributed by atoms with Gasteiger partial charge in [0.05, 0.1) is 27.8 Å². The number of fused-ring (bicyclic) bond motifs is 4. The van der Waals surface area contributed by atoms with Crippen molar-refractivity contribution in [2.45, 2.75) is 26.1 Å². The largest absolute Gasteiger partial charge is 0.507 e. The van der Waals surface area contributed by atoms with Crippen LogP contribution in [-0.2, 0) is 4.74 Å². The maximum Gasteiger partial charge on any atom is 0.344 e. The monoisotopic (exact) mass is 406 g/mol. The highest BCUT2D eigenvalue weighted by Crippen LogP contribution is 2.46. The summed E-state index contributed by atoms with van der Waals surface area (Å²) >= 11 is 0. The fraction of sp³-hybridized carbons (Fsp3) is 0.217. The summed E-state index contributed by atoms with van der Waals surface area (Å²) in [4.78, 5) is 25.7. The Labute approximate surface area is 170 Å². The lowest BCUT2D eigenvalue weighted by Crippen LogP contribution is -2.28. The molecule has 3 heterocycles. The normalized spacial score (nSPS) is 18.0. The highest BCUT2D eigenvalue weighted by Gasteiger charge is 2.44. The van der Waals surface area contributed by atoms with E-state index in [9.17, 15) is 14.7 Å². The highest BCUT2D eigenvalue weighted by atomic mass is 16.7. The van der Waals surface area contributed by atoms with Crippen LogP contribution < -0.4 is 16.0 Å². The first-order chi connectivity index (χ1) is 14.4. The van der Waals surface area contributed by atoms with Gasteiger partial charge in [0.1, 0.15) is 22.7 Å². The van der Waals surface area contributed by atoms with Crippen LogP contribution in [0.1, 0.15) is 28.2 Å². The maximum atomic E-state index is 12.9. The molecular weight excluding hydrogens is 388 g/mol. The molecule has 1 aliphatic heterocycles. The fourth-order valence-corrected chi connectivity index (χ4v) is 4.07. The van der Waals surface area contributed by atoms with Gasteiger partial charge in [-0.2, -0.15) is 0 Å². The average molecular weight is 406 g/mol. The van der Waals surface area contributed by atoms with Crippen LogP contribution in [-0.4, -0.2) is 18.5 Å². The predicted octanol–water partition coefficient (Wildman–Crippen LogP) is 3.72. The molecule has 0 aliphatic carbocycles. The fourth-order valence-electron chi connectivity index (χ4n) is 4.07. The molecular formula is C23H18O7. The number of aromatic hydroxyl groups is 1. The molecule has 1 aliphatic rings. The second kappa shape index (κ2) is 6.47. The molecule has 0 spiro atoms. The van der Waals surface area contributed by atoms with Crippen LogP contribution in [0, 0.1) is 13.8 Å². The Balaban J connectivity index is 1.85. The van der Waals surface area contributed by atoms with Crippen LogP contribution in [0.4, 0.5) is 0 Å². The molecule has 152 valence electrons. The van der Waals surface area contributed by atoms with E-state index < -0.39 is 23.5 Å². The van der Waals surface area contributed by atoms with Crippen LogP contribution in [0.3, 0.4) is 0 Å². The van der Waals surface area contributed by atoms with Crippen LogP contribution in [0.2, 0.25) is 0 Å². The molecule has 0 saturated carbocycles. The van der Waals surface area contributed by atoms with E-state index in [-0.39, 0.29) is 28.2 Å². The summed E-state index contributed by atoms with van der Waals surface area (Å²) < 4.78 is 22.3. The van der Waals surface area contributed by atoms with Gasteiger partial charge in [0.25, 0.3) is 0 Å². The summed E-state index contributed by atoms with van der Waals surface area (Å²) in [6.45, 7) is 3.77. The number of rotatable bonds is 2. The Kier molecular flexibility index (Phi) is 3.98. The minimum absolute atomic E-state index is 0.0991. The topological polar surface area (TPSA) is 99.1 Å². The molecule has 4 aromatic rings. The van der Waals surface area contributed by atoms with Crippen molar-refractivity contribution in [3.63, 3.8) is 0 Å². The van der Waals surface area contributed by atoms with Gasteiger partial charge in [-0.05, 0) is 38.1 Å². The Morgan fingerprint density at radius 2 is 1.43 bits per heavy atom. The van der Waals surface area contributed by atoms with Crippen LogP contribution in [0.15, 0.2) is 54.8 Å². The molecule has 7 nitrogen and oxygen atoms in total. The molecule has 0 radical (unpaired) electrons. The van der Waals surface area contributed by atoms with Crippen molar-refractivity contribution in [1.29, 1.82) is 0 Å². The first-order valence-electron chi connectivity index (χ1n) is 9.42. The summed E-state index contributed by atoms with van der Waals surface area (Å²) in [7, 11) is 1.41. The number of hydrogen-bond donors (Lipinski definition) is 1. The van der Waals surface area contributed by atoms with Gasteiger partial charge in [0.15, 0.2) is 0 Å². The van der Waals surface area contributed by atoms with Crippen molar-refractivity contribution in [2.75, 3.05) is 7.11 Å². The number of hydrogen-bond acceptors (Lipinski definition) is 7. The zero-order valence-corrected chi connectivity index (χ0v) is 16.5. The summed E-state index contributed by atoms with van der Waals surface area (Å²) in [5.41, 5.74) is 1.04. The van der Waals surface area contributed by atoms with Crippen molar-refractivity contribution in [3.05, 3.63) is 79.5 Å². The van der Waals surface area contributed by atoms with E-state index in [0.717, 1.165) is 11.1 Å². The van der Waals surface area contributed by atoms with E-state index in [2.05, 4.69) is 0 Å². The van der Waals surface area contributed by atoms with E-state index >= 15 is 0 Å². The first kappa shape index (κ1) is 18.4. The Bertz CT molecular complexity index is 1440. The number of ether oxygens (including phenoxy) is 2. The average Bonchev–Trinajstić information content (AvgIpc) is 3.10. The third-order valence-corrected chi connectivity index (χ3v) is 5.48. The smallest absolute Gasteiger partial charge is 0.344 e. The number of benzene rings is 2. The molecule has 5 rings (SSSR count). The molecule has 2 unspecified atom stereocenters. The Morgan fingerprint density at radius 1 is 0.867 bits per heavy atom. The predicted molar refractivity (Wildman–Crippen MR) is 109 cm³/mol. The van der Waals surface area contributed by atoms with Gasteiger partial charge < -0.3 is 23.4 Å². The summed E-state index contributed by atoms with van der Waals surface area (Å²) in [5.74, 6) is -0.991. The molecule has 0 fully saturated rings. The quantitative estimate of drug-likeness (QED) is 0.507. The van der Waals surface area contributed by atoms with Gasteiger partial charge in [0, 0.05) is 7.11 Å². The molecule has 2 aromatic heterocycles. The molecule has 0 amide bonds. The minimum atomic E-state index is -1.01. The van der Waals surface area contributed by atoms with Gasteiger partial charge in [-0.25, -0.2) is 9.59 Å². The van der Waals surface area contributed by atoms with Gasteiger partial charge in [-0.15, -0.1) is 0 Å². The van der Waals surface area contributed by atoms with E-state index in [4.69, 9.17) is 18.3 Å². The second-order valence-electron chi connectivity index (χ2n) is 7.48. The SMILES string of the molecule is COC1Oc2c(c(=O)oc3ccc(C)cc23)C1c1c(O)c2cc(C)ccc2oc1=O. The molecule has 0 bridgehead atoms. The number of aryl methyl sites for hydroxylation is 2. The van der Waals surface area contributed by atoms with Crippen LogP contribution >= 0.6 is 0 Å². The van der Waals surface area contributed by atoms with Gasteiger partial charge in [-0.3, -0.25) is 0 Å². The maximum absolute atomic E-state index is 12.9. The second-order valence-corrected chi connectivity index (χ2v) is 7.48. The zero-order chi connectivity index (χ0) is 21.2. The van der Waals surface area contributed by atoms with E-state index in [1.165, 1.54) is 7.11 Å². The van der Waals surface area contributed by atoms with E-state index in [1.54, 1.807) is 24.3 Å². The molecule has 2 atom stereocenters. The molecule has 1 N–H and O–H groups in total. The first-order valence-corrected chi connectivity index (χ1v) is 9.42. The lowest BCUT2D eigenvalue weighted by molar-refractivity contribution is -0.0472. The van der Waals surface area contributed by atoms with Gasteiger partial charge in [-0.1, -0.05) is 23.3 Å². The standard InChI is InChI=1S/C23H18O7/c1-10-4-6-14-12(8-10)19(24)17(21(25)28-14)16-18-20(30-23(16)27-3)13-9-11(2)5-7-15(13)29-22(18)26/h4-9,16,23-24H,1-3H3. The lowest BCUT2D eigenvalue weighted by atomic mass is 9.91. The summed E-state index contributed by atoms with van der Waals surface area (Å²) in [5, 5.41) is 12.0. The van der Waals surface area contributed by atoms with E-state index in [1.807, 2.05) is 26.0 Å². The number of methoxy groups -OCH3 is 1. The third kappa shape index (κ3) is 2.55. The van der Waals surface area contributed by atoms with E-state index in [0.29, 0.717) is 16.4 Å². The molecule has 7 heteroatoms. The van der Waals surface area contributed by atoms with Crippen molar-refractivity contribution >= 4 is 21.9 Å². The Morgan fingerprint density at radius 3 is 2.07 bits per heavy atom. The van der Waals surface area contributed by atoms with Gasteiger partial charge in [0.2, 0.25) is 6.29 Å². The van der Waals surface area contributed by atoms with Crippen LogP contribution in [0.25, 0.3) is 21.9 Å². The zero-order valence-electron chi connectivity index (χ0n) is 16.5.